The van der Waals surface area contributed by atoms with Crippen molar-refractivity contribution in [2.24, 2.45) is 5.92 Å². The number of amides is 1. The van der Waals surface area contributed by atoms with Crippen LogP contribution in [0.4, 0.5) is 0 Å². The van der Waals surface area contributed by atoms with Gasteiger partial charge in [-0.05, 0) is 43.9 Å². The minimum atomic E-state index is 0.154. The summed E-state index contributed by atoms with van der Waals surface area (Å²) in [5, 5.41) is 10.1. The van der Waals surface area contributed by atoms with Crippen molar-refractivity contribution in [3.8, 4) is 5.75 Å². The van der Waals surface area contributed by atoms with Gasteiger partial charge in [0.25, 0.3) is 0 Å². The average molecular weight is 396 g/mol. The third-order valence-electron chi connectivity index (χ3n) is 5.37. The molecule has 4 nitrogen and oxygen atoms in total. The Kier molecular flexibility index (Phi) is 6.17. The highest BCUT2D eigenvalue weighted by Gasteiger charge is 2.32. The van der Waals surface area contributed by atoms with Crippen LogP contribution in [0.3, 0.4) is 0 Å². The van der Waals surface area contributed by atoms with Crippen molar-refractivity contribution in [2.75, 3.05) is 26.2 Å². The molecule has 0 aromatic heterocycles. The van der Waals surface area contributed by atoms with Gasteiger partial charge in [0, 0.05) is 23.1 Å². The van der Waals surface area contributed by atoms with Crippen LogP contribution in [-0.2, 0) is 11.3 Å². The fourth-order valence-electron chi connectivity index (χ4n) is 4.04. The van der Waals surface area contributed by atoms with Crippen molar-refractivity contribution >= 4 is 21.8 Å². The van der Waals surface area contributed by atoms with Crippen LogP contribution >= 0.6 is 15.9 Å². The van der Waals surface area contributed by atoms with E-state index in [0.717, 1.165) is 68.4 Å². The molecular formula is C19H28BrN2O2+. The van der Waals surface area contributed by atoms with Crippen LogP contribution < -0.4 is 4.90 Å². The van der Waals surface area contributed by atoms with Gasteiger partial charge in [0.05, 0.1) is 19.0 Å². The summed E-state index contributed by atoms with van der Waals surface area (Å²) in [5.41, 5.74) is 0.960. The fraction of sp³-hybridized carbons (Fsp3) is 0.632. The Bertz CT molecular complexity index is 570. The summed E-state index contributed by atoms with van der Waals surface area (Å²) in [4.78, 5) is 16.4. The zero-order valence-electron chi connectivity index (χ0n) is 14.3. The van der Waals surface area contributed by atoms with Crippen LogP contribution in [0, 0.1) is 5.92 Å². The van der Waals surface area contributed by atoms with Gasteiger partial charge in [-0.25, -0.2) is 0 Å². The lowest BCUT2D eigenvalue weighted by Gasteiger charge is -2.32. The van der Waals surface area contributed by atoms with E-state index in [-0.39, 0.29) is 5.92 Å². The van der Waals surface area contributed by atoms with E-state index < -0.39 is 0 Å². The highest BCUT2D eigenvalue weighted by Crippen LogP contribution is 2.22. The molecule has 2 heterocycles. The summed E-state index contributed by atoms with van der Waals surface area (Å²) in [6.45, 7) is 4.64. The first-order valence-corrected chi connectivity index (χ1v) is 10.0. The third-order valence-corrected chi connectivity index (χ3v) is 5.86. The zero-order chi connectivity index (χ0) is 16.9. The van der Waals surface area contributed by atoms with E-state index in [4.69, 9.17) is 0 Å². The van der Waals surface area contributed by atoms with Gasteiger partial charge in [-0.3, -0.25) is 4.79 Å². The number of benzene rings is 1. The molecule has 0 saturated carbocycles. The molecule has 2 fully saturated rings. The molecule has 2 N–H and O–H groups in total. The average Bonchev–Trinajstić information content (AvgIpc) is 2.87. The summed E-state index contributed by atoms with van der Waals surface area (Å²) in [6.07, 6.45) is 6.93. The number of phenols is 1. The maximum atomic E-state index is 12.9. The molecule has 24 heavy (non-hydrogen) atoms. The summed E-state index contributed by atoms with van der Waals surface area (Å²) >= 11 is 3.47. The number of carbonyl (C=O) groups is 1. The van der Waals surface area contributed by atoms with Crippen molar-refractivity contribution in [1.82, 2.24) is 4.90 Å². The van der Waals surface area contributed by atoms with E-state index in [1.807, 2.05) is 12.1 Å². The van der Waals surface area contributed by atoms with Crippen LogP contribution in [-0.4, -0.2) is 42.1 Å². The predicted octanol–water partition coefficient (Wildman–Crippen LogP) is 2.35. The van der Waals surface area contributed by atoms with Crippen LogP contribution in [0.1, 0.15) is 44.1 Å². The Morgan fingerprint density at radius 2 is 1.96 bits per heavy atom. The molecule has 1 amide bonds. The summed E-state index contributed by atoms with van der Waals surface area (Å²) in [7, 11) is 0. The maximum absolute atomic E-state index is 12.9. The first kappa shape index (κ1) is 17.7. The molecule has 0 aliphatic carbocycles. The summed E-state index contributed by atoms with van der Waals surface area (Å²) in [6, 6.07) is 5.58. The molecule has 5 heteroatoms. The minimum absolute atomic E-state index is 0.154. The second kappa shape index (κ2) is 8.34. The largest absolute Gasteiger partial charge is 0.507 e. The standard InChI is InChI=1S/C19H27BrN2O2/c20-17-7-8-18(23)16(12-17)14-21-9-5-6-15(13-21)19(24)22-10-3-1-2-4-11-22/h7-8,12,15,23H,1-6,9-11,13-14H2/p+1/t15-/m1/s1. The second-order valence-electron chi connectivity index (χ2n) is 7.23. The van der Waals surface area contributed by atoms with E-state index in [9.17, 15) is 9.90 Å². The van der Waals surface area contributed by atoms with E-state index in [1.54, 1.807) is 6.07 Å². The Morgan fingerprint density at radius 3 is 2.71 bits per heavy atom. The molecule has 1 aromatic rings. The van der Waals surface area contributed by atoms with E-state index in [1.165, 1.54) is 17.7 Å². The number of nitrogens with zero attached hydrogens (tertiary/aromatic N) is 1. The van der Waals surface area contributed by atoms with Crippen LogP contribution in [0.5, 0.6) is 5.75 Å². The SMILES string of the molecule is O=C([C@@H]1CCC[NH+](Cc2cc(Br)ccc2O)C1)N1CCCCCC1. The van der Waals surface area contributed by atoms with Gasteiger partial charge < -0.3 is 14.9 Å². The quantitative estimate of drug-likeness (QED) is 0.824. The number of hydrogen-bond donors (Lipinski definition) is 2. The third kappa shape index (κ3) is 4.51. The molecule has 2 aliphatic heterocycles. The Balaban J connectivity index is 1.61. The highest BCUT2D eigenvalue weighted by molar-refractivity contribution is 9.10. The first-order chi connectivity index (χ1) is 11.6. The summed E-state index contributed by atoms with van der Waals surface area (Å²) < 4.78 is 0.990. The van der Waals surface area contributed by atoms with Gasteiger partial charge in [-0.15, -0.1) is 0 Å². The van der Waals surface area contributed by atoms with Crippen molar-refractivity contribution in [1.29, 1.82) is 0 Å². The lowest BCUT2D eigenvalue weighted by molar-refractivity contribution is -0.921. The van der Waals surface area contributed by atoms with Gasteiger partial charge in [0.2, 0.25) is 5.91 Å². The number of piperidine rings is 1. The number of likely N-dealkylation sites (tertiary alicyclic amines) is 2. The van der Waals surface area contributed by atoms with Gasteiger partial charge in [-0.2, -0.15) is 0 Å². The Hall–Kier alpha value is -1.07. The van der Waals surface area contributed by atoms with Crippen LogP contribution in [0.25, 0.3) is 0 Å². The van der Waals surface area contributed by atoms with Gasteiger partial charge in [-0.1, -0.05) is 28.8 Å². The number of hydrogen-bond acceptors (Lipinski definition) is 2. The number of aromatic hydroxyl groups is 1. The number of halogens is 1. The van der Waals surface area contributed by atoms with Crippen molar-refractivity contribution < 1.29 is 14.8 Å². The Labute approximate surface area is 153 Å². The predicted molar refractivity (Wildman–Crippen MR) is 98.0 cm³/mol. The van der Waals surface area contributed by atoms with Crippen molar-refractivity contribution in [3.63, 3.8) is 0 Å². The first-order valence-electron chi connectivity index (χ1n) is 9.23. The zero-order valence-corrected chi connectivity index (χ0v) is 15.9. The van der Waals surface area contributed by atoms with Gasteiger partial charge >= 0.3 is 0 Å². The van der Waals surface area contributed by atoms with Crippen LogP contribution in [0.15, 0.2) is 22.7 Å². The molecule has 0 spiro atoms. The molecule has 1 unspecified atom stereocenters. The fourth-order valence-corrected chi connectivity index (χ4v) is 4.45. The van der Waals surface area contributed by atoms with E-state index in [2.05, 4.69) is 20.8 Å². The summed E-state index contributed by atoms with van der Waals surface area (Å²) in [5.74, 6) is 0.875. The number of nitrogens with one attached hydrogen (secondary N) is 1. The lowest BCUT2D eigenvalue weighted by Crippen LogP contribution is -3.12. The molecule has 132 valence electrons. The highest BCUT2D eigenvalue weighted by atomic mass is 79.9. The van der Waals surface area contributed by atoms with Gasteiger partial charge in [0.15, 0.2) is 0 Å². The molecule has 3 rings (SSSR count). The normalized spacial score (nSPS) is 25.3. The number of rotatable bonds is 3. The van der Waals surface area contributed by atoms with E-state index >= 15 is 0 Å². The Morgan fingerprint density at radius 1 is 1.21 bits per heavy atom. The second-order valence-corrected chi connectivity index (χ2v) is 8.15. The van der Waals surface area contributed by atoms with Crippen molar-refractivity contribution in [3.05, 3.63) is 28.2 Å². The lowest BCUT2D eigenvalue weighted by atomic mass is 9.96. The van der Waals surface area contributed by atoms with E-state index in [0.29, 0.717) is 11.7 Å². The minimum Gasteiger partial charge on any atom is -0.507 e. The topological polar surface area (TPSA) is 45.0 Å². The smallest absolute Gasteiger partial charge is 0.231 e. The molecule has 0 radical (unpaired) electrons. The van der Waals surface area contributed by atoms with Gasteiger partial charge in [0.1, 0.15) is 12.3 Å². The molecule has 1 aromatic carbocycles. The number of carbonyl (C=O) groups excluding carboxylic acids is 1. The van der Waals surface area contributed by atoms with Crippen LogP contribution in [0.2, 0.25) is 0 Å². The molecular weight excluding hydrogens is 368 g/mol. The number of phenolic OH excluding ortho intramolecular Hbond substituents is 1. The number of quaternary nitrogens is 1. The molecule has 2 saturated heterocycles. The van der Waals surface area contributed by atoms with Crippen molar-refractivity contribution in [2.45, 2.75) is 45.1 Å². The maximum Gasteiger partial charge on any atom is 0.231 e. The molecule has 2 atom stereocenters. The monoisotopic (exact) mass is 395 g/mol. The molecule has 2 aliphatic rings. The molecule has 0 bridgehead atoms.